The quantitative estimate of drug-likeness (QED) is 0.696. The Morgan fingerprint density at radius 2 is 1.94 bits per heavy atom. The van der Waals surface area contributed by atoms with Gasteiger partial charge in [0, 0.05) is 12.5 Å². The second-order valence-electron chi connectivity index (χ2n) is 4.25. The molecule has 1 saturated carbocycles. The van der Waals surface area contributed by atoms with Crippen LogP contribution in [0.5, 0.6) is 0 Å². The molecular formula is C11H20N2O3. The predicted molar refractivity (Wildman–Crippen MR) is 59.9 cm³/mol. The molecular weight excluding hydrogens is 208 g/mol. The van der Waals surface area contributed by atoms with Gasteiger partial charge in [0.15, 0.2) is 0 Å². The summed E-state index contributed by atoms with van der Waals surface area (Å²) in [5, 5.41) is 8.80. The summed E-state index contributed by atoms with van der Waals surface area (Å²) < 4.78 is 0. The highest BCUT2D eigenvalue weighted by molar-refractivity contribution is 5.81. The third-order valence-corrected chi connectivity index (χ3v) is 2.99. The van der Waals surface area contributed by atoms with Gasteiger partial charge in [0.2, 0.25) is 5.91 Å². The van der Waals surface area contributed by atoms with Crippen LogP contribution < -0.4 is 5.73 Å². The molecule has 0 aliphatic heterocycles. The molecule has 5 heteroatoms. The summed E-state index contributed by atoms with van der Waals surface area (Å²) in [6.07, 6.45) is 5.03. The highest BCUT2D eigenvalue weighted by atomic mass is 16.4. The van der Waals surface area contributed by atoms with Crippen LogP contribution in [-0.4, -0.2) is 41.0 Å². The first-order valence-electron chi connectivity index (χ1n) is 5.86. The number of carbonyl (C=O) groups excluding carboxylic acids is 1. The van der Waals surface area contributed by atoms with Crippen molar-refractivity contribution in [1.82, 2.24) is 4.90 Å². The van der Waals surface area contributed by atoms with Crippen molar-refractivity contribution < 1.29 is 14.7 Å². The normalized spacial score (nSPS) is 16.3. The van der Waals surface area contributed by atoms with E-state index in [0.717, 1.165) is 25.7 Å². The molecule has 1 amide bonds. The average molecular weight is 228 g/mol. The van der Waals surface area contributed by atoms with Crippen molar-refractivity contribution in [2.45, 2.75) is 44.6 Å². The Morgan fingerprint density at radius 1 is 1.31 bits per heavy atom. The third-order valence-electron chi connectivity index (χ3n) is 2.99. The molecule has 5 nitrogen and oxygen atoms in total. The molecule has 0 bridgehead atoms. The Kier molecular flexibility index (Phi) is 5.25. The summed E-state index contributed by atoms with van der Waals surface area (Å²) in [4.78, 5) is 24.1. The van der Waals surface area contributed by atoms with E-state index in [0.29, 0.717) is 19.4 Å². The van der Waals surface area contributed by atoms with E-state index in [-0.39, 0.29) is 18.5 Å². The van der Waals surface area contributed by atoms with Gasteiger partial charge in [-0.1, -0.05) is 12.8 Å². The van der Waals surface area contributed by atoms with E-state index in [2.05, 4.69) is 0 Å². The van der Waals surface area contributed by atoms with E-state index < -0.39 is 5.97 Å². The van der Waals surface area contributed by atoms with Crippen LogP contribution in [0.1, 0.15) is 38.5 Å². The van der Waals surface area contributed by atoms with Gasteiger partial charge in [-0.25, -0.2) is 0 Å². The van der Waals surface area contributed by atoms with Gasteiger partial charge in [0.05, 0.1) is 0 Å². The smallest absolute Gasteiger partial charge is 0.323 e. The minimum atomic E-state index is -0.937. The first kappa shape index (κ1) is 13.0. The maximum Gasteiger partial charge on any atom is 0.323 e. The minimum Gasteiger partial charge on any atom is -0.480 e. The number of hydrogen-bond donors (Lipinski definition) is 2. The van der Waals surface area contributed by atoms with Crippen molar-refractivity contribution in [3.05, 3.63) is 0 Å². The lowest BCUT2D eigenvalue weighted by Gasteiger charge is -2.27. The Hall–Kier alpha value is -1.10. The molecule has 1 rings (SSSR count). The van der Waals surface area contributed by atoms with Crippen LogP contribution in [0.4, 0.5) is 0 Å². The molecule has 0 atom stereocenters. The number of nitrogens with two attached hydrogens (primary N) is 1. The summed E-state index contributed by atoms with van der Waals surface area (Å²) in [5.74, 6) is -1.01. The van der Waals surface area contributed by atoms with Gasteiger partial charge in [-0.15, -0.1) is 0 Å². The zero-order valence-electron chi connectivity index (χ0n) is 9.52. The van der Waals surface area contributed by atoms with E-state index in [1.807, 2.05) is 0 Å². The number of carboxylic acid groups (broad SMARTS) is 1. The van der Waals surface area contributed by atoms with Crippen LogP contribution in [-0.2, 0) is 9.59 Å². The van der Waals surface area contributed by atoms with Gasteiger partial charge in [0.1, 0.15) is 6.54 Å². The topological polar surface area (TPSA) is 83.6 Å². The summed E-state index contributed by atoms with van der Waals surface area (Å²) in [6, 6.07) is 0.126. The summed E-state index contributed by atoms with van der Waals surface area (Å²) in [7, 11) is 0. The first-order valence-corrected chi connectivity index (χ1v) is 5.86. The van der Waals surface area contributed by atoms with Crippen LogP contribution in [0.2, 0.25) is 0 Å². The molecule has 0 heterocycles. The molecule has 0 aromatic rings. The maximum atomic E-state index is 11.8. The lowest BCUT2D eigenvalue weighted by Crippen LogP contribution is -2.42. The highest BCUT2D eigenvalue weighted by Gasteiger charge is 2.27. The third kappa shape index (κ3) is 3.81. The van der Waals surface area contributed by atoms with Crippen LogP contribution in [0.15, 0.2) is 0 Å². The van der Waals surface area contributed by atoms with E-state index in [9.17, 15) is 9.59 Å². The van der Waals surface area contributed by atoms with Gasteiger partial charge >= 0.3 is 5.97 Å². The Morgan fingerprint density at radius 3 is 2.44 bits per heavy atom. The summed E-state index contributed by atoms with van der Waals surface area (Å²) >= 11 is 0. The molecule has 16 heavy (non-hydrogen) atoms. The van der Waals surface area contributed by atoms with Crippen molar-refractivity contribution in [3.8, 4) is 0 Å². The van der Waals surface area contributed by atoms with Crippen molar-refractivity contribution in [3.63, 3.8) is 0 Å². The van der Waals surface area contributed by atoms with Crippen molar-refractivity contribution in [1.29, 1.82) is 0 Å². The Balaban J connectivity index is 2.54. The highest BCUT2D eigenvalue weighted by Crippen LogP contribution is 2.24. The average Bonchev–Trinajstić information content (AvgIpc) is 2.75. The monoisotopic (exact) mass is 228 g/mol. The zero-order chi connectivity index (χ0) is 12.0. The fraction of sp³-hybridized carbons (Fsp3) is 0.818. The molecule has 0 aromatic carbocycles. The van der Waals surface area contributed by atoms with Crippen molar-refractivity contribution in [2.75, 3.05) is 13.1 Å². The van der Waals surface area contributed by atoms with Gasteiger partial charge < -0.3 is 15.7 Å². The van der Waals surface area contributed by atoms with Crippen LogP contribution >= 0.6 is 0 Å². The van der Waals surface area contributed by atoms with Gasteiger partial charge in [-0.3, -0.25) is 9.59 Å². The van der Waals surface area contributed by atoms with Crippen LogP contribution in [0.3, 0.4) is 0 Å². The predicted octanol–water partition coefficient (Wildman–Crippen LogP) is 0.581. The zero-order valence-corrected chi connectivity index (χ0v) is 9.52. The number of amides is 1. The summed E-state index contributed by atoms with van der Waals surface area (Å²) in [5.41, 5.74) is 5.34. The van der Waals surface area contributed by atoms with E-state index >= 15 is 0 Å². The van der Waals surface area contributed by atoms with E-state index in [1.54, 1.807) is 0 Å². The fourth-order valence-corrected chi connectivity index (χ4v) is 2.18. The Labute approximate surface area is 95.6 Å². The Bertz CT molecular complexity index is 250. The molecule has 1 aliphatic rings. The van der Waals surface area contributed by atoms with Gasteiger partial charge in [-0.2, -0.15) is 0 Å². The second-order valence-corrected chi connectivity index (χ2v) is 4.25. The van der Waals surface area contributed by atoms with Crippen LogP contribution in [0, 0.1) is 0 Å². The lowest BCUT2D eigenvalue weighted by molar-refractivity contribution is -0.146. The van der Waals surface area contributed by atoms with Gasteiger partial charge in [0.25, 0.3) is 0 Å². The van der Waals surface area contributed by atoms with Gasteiger partial charge in [-0.05, 0) is 25.8 Å². The number of carboxylic acids is 1. The molecule has 0 unspecified atom stereocenters. The van der Waals surface area contributed by atoms with E-state index in [4.69, 9.17) is 10.8 Å². The number of carbonyl (C=O) groups is 2. The number of hydrogen-bond acceptors (Lipinski definition) is 3. The fourth-order valence-electron chi connectivity index (χ4n) is 2.18. The molecule has 0 aromatic heterocycles. The molecule has 1 aliphatic carbocycles. The molecule has 0 spiro atoms. The molecule has 92 valence electrons. The van der Waals surface area contributed by atoms with Crippen molar-refractivity contribution >= 4 is 11.9 Å². The molecule has 3 N–H and O–H groups in total. The SMILES string of the molecule is NCCCC(=O)N(CC(=O)O)C1CCCC1. The maximum absolute atomic E-state index is 11.8. The van der Waals surface area contributed by atoms with E-state index in [1.165, 1.54) is 4.90 Å². The first-order chi connectivity index (χ1) is 7.65. The van der Waals surface area contributed by atoms with Crippen LogP contribution in [0.25, 0.3) is 0 Å². The molecule has 1 fully saturated rings. The van der Waals surface area contributed by atoms with Crippen molar-refractivity contribution in [2.24, 2.45) is 5.73 Å². The standard InChI is InChI=1S/C11H20N2O3/c12-7-3-6-10(14)13(8-11(15)16)9-4-1-2-5-9/h9H,1-8,12H2,(H,15,16). The lowest BCUT2D eigenvalue weighted by atomic mass is 10.1. The second kappa shape index (κ2) is 6.48. The number of aliphatic carboxylic acids is 1. The number of nitrogens with zero attached hydrogens (tertiary/aromatic N) is 1. The number of rotatable bonds is 6. The minimum absolute atomic E-state index is 0.0697. The molecule has 0 saturated heterocycles. The summed E-state index contributed by atoms with van der Waals surface area (Å²) in [6.45, 7) is 0.297. The largest absolute Gasteiger partial charge is 0.480 e. The molecule has 0 radical (unpaired) electrons.